The van der Waals surface area contributed by atoms with Gasteiger partial charge in [0.05, 0.1) is 27.8 Å². The Labute approximate surface area is 123 Å². The highest BCUT2D eigenvalue weighted by Crippen LogP contribution is 2.34. The Kier molecular flexibility index (Phi) is 4.81. The van der Waals surface area contributed by atoms with Crippen LogP contribution >= 0.6 is 0 Å². The van der Waals surface area contributed by atoms with Crippen molar-refractivity contribution in [2.24, 2.45) is 0 Å². The molecule has 1 heterocycles. The number of benzene rings is 1. The summed E-state index contributed by atoms with van der Waals surface area (Å²) in [5.41, 5.74) is 0. The first-order chi connectivity index (χ1) is 10.2. The third kappa shape index (κ3) is 3.34. The molecule has 112 valence electrons. The maximum absolute atomic E-state index is 11.1. The normalized spacial score (nSPS) is 10.2. The molecule has 0 bridgehead atoms. The Morgan fingerprint density at radius 2 is 1.90 bits per heavy atom. The highest BCUT2D eigenvalue weighted by Gasteiger charge is 2.10. The number of carbonyl (C=O) groups excluding carboxylic acids is 1. The van der Waals surface area contributed by atoms with Crippen LogP contribution in [0, 0.1) is 0 Å². The third-order valence-corrected chi connectivity index (χ3v) is 3.12. The summed E-state index contributed by atoms with van der Waals surface area (Å²) in [6.45, 7) is 0.452. The van der Waals surface area contributed by atoms with Crippen LogP contribution < -0.4 is 14.8 Å². The molecule has 6 nitrogen and oxygen atoms in total. The van der Waals surface area contributed by atoms with Crippen molar-refractivity contribution >= 4 is 22.6 Å². The van der Waals surface area contributed by atoms with Crippen molar-refractivity contribution in [3.63, 3.8) is 0 Å². The molecular formula is C15H18N2O4. The zero-order chi connectivity index (χ0) is 15.2. The zero-order valence-electron chi connectivity index (χ0n) is 12.3. The van der Waals surface area contributed by atoms with Crippen molar-refractivity contribution < 1.29 is 19.0 Å². The SMILES string of the molecule is COC(=O)CCNc1nccc2cc(OC)c(OC)cc12. The molecule has 0 atom stereocenters. The number of hydrogen-bond donors (Lipinski definition) is 1. The number of pyridine rings is 1. The van der Waals surface area contributed by atoms with E-state index in [1.165, 1.54) is 7.11 Å². The molecule has 0 unspecified atom stereocenters. The van der Waals surface area contributed by atoms with E-state index in [0.29, 0.717) is 23.9 Å². The monoisotopic (exact) mass is 290 g/mol. The predicted octanol–water partition coefficient (Wildman–Crippen LogP) is 2.23. The van der Waals surface area contributed by atoms with Crippen LogP contribution in [-0.4, -0.2) is 38.8 Å². The quantitative estimate of drug-likeness (QED) is 0.823. The van der Waals surface area contributed by atoms with Crippen LogP contribution in [0.25, 0.3) is 10.8 Å². The number of methoxy groups -OCH3 is 3. The van der Waals surface area contributed by atoms with Crippen LogP contribution in [-0.2, 0) is 9.53 Å². The molecule has 0 saturated heterocycles. The van der Waals surface area contributed by atoms with E-state index in [4.69, 9.17) is 9.47 Å². The number of ether oxygens (including phenoxy) is 3. The molecule has 0 radical (unpaired) electrons. The molecule has 0 saturated carbocycles. The first kappa shape index (κ1) is 14.9. The molecule has 0 amide bonds. The number of hydrogen-bond acceptors (Lipinski definition) is 6. The minimum absolute atomic E-state index is 0.262. The maximum Gasteiger partial charge on any atom is 0.307 e. The van der Waals surface area contributed by atoms with Gasteiger partial charge in [0.25, 0.3) is 0 Å². The van der Waals surface area contributed by atoms with Crippen LogP contribution in [0.3, 0.4) is 0 Å². The van der Waals surface area contributed by atoms with E-state index in [9.17, 15) is 4.79 Å². The fourth-order valence-corrected chi connectivity index (χ4v) is 2.03. The van der Waals surface area contributed by atoms with Gasteiger partial charge in [-0.3, -0.25) is 4.79 Å². The third-order valence-electron chi connectivity index (χ3n) is 3.12. The maximum atomic E-state index is 11.1. The molecule has 21 heavy (non-hydrogen) atoms. The molecule has 0 aliphatic carbocycles. The second-order valence-corrected chi connectivity index (χ2v) is 4.34. The van der Waals surface area contributed by atoms with Crippen molar-refractivity contribution in [1.82, 2.24) is 4.98 Å². The lowest BCUT2D eigenvalue weighted by Crippen LogP contribution is -2.10. The second-order valence-electron chi connectivity index (χ2n) is 4.34. The van der Waals surface area contributed by atoms with Gasteiger partial charge >= 0.3 is 5.97 Å². The summed E-state index contributed by atoms with van der Waals surface area (Å²) >= 11 is 0. The Hall–Kier alpha value is -2.50. The first-order valence-corrected chi connectivity index (χ1v) is 6.51. The van der Waals surface area contributed by atoms with Gasteiger partial charge < -0.3 is 19.5 Å². The molecule has 2 aromatic rings. The molecule has 0 spiro atoms. The van der Waals surface area contributed by atoms with E-state index < -0.39 is 0 Å². The zero-order valence-corrected chi connectivity index (χ0v) is 12.3. The van der Waals surface area contributed by atoms with Crippen LogP contribution in [0.5, 0.6) is 11.5 Å². The summed E-state index contributed by atoms with van der Waals surface area (Å²) < 4.78 is 15.2. The van der Waals surface area contributed by atoms with Crippen molar-refractivity contribution in [1.29, 1.82) is 0 Å². The van der Waals surface area contributed by atoms with Crippen LogP contribution in [0.15, 0.2) is 24.4 Å². The topological polar surface area (TPSA) is 69.7 Å². The highest BCUT2D eigenvalue weighted by atomic mass is 16.5. The lowest BCUT2D eigenvalue weighted by atomic mass is 10.1. The van der Waals surface area contributed by atoms with Crippen LogP contribution in [0.1, 0.15) is 6.42 Å². The fraction of sp³-hybridized carbons (Fsp3) is 0.333. The molecule has 1 aromatic carbocycles. The van der Waals surface area contributed by atoms with E-state index in [1.807, 2.05) is 18.2 Å². The Morgan fingerprint density at radius 3 is 2.57 bits per heavy atom. The number of esters is 1. The summed E-state index contributed by atoms with van der Waals surface area (Å²) in [6, 6.07) is 5.64. The fourth-order valence-electron chi connectivity index (χ4n) is 2.03. The van der Waals surface area contributed by atoms with Gasteiger partial charge in [0, 0.05) is 18.1 Å². The summed E-state index contributed by atoms with van der Waals surface area (Å²) in [4.78, 5) is 15.4. The van der Waals surface area contributed by atoms with Crippen molar-refractivity contribution in [3.05, 3.63) is 24.4 Å². The van der Waals surface area contributed by atoms with Crippen molar-refractivity contribution in [3.8, 4) is 11.5 Å². The van der Waals surface area contributed by atoms with Gasteiger partial charge in [-0.1, -0.05) is 0 Å². The van der Waals surface area contributed by atoms with Gasteiger partial charge in [-0.05, 0) is 23.6 Å². The molecule has 1 aromatic heterocycles. The average molecular weight is 290 g/mol. The molecule has 2 rings (SSSR count). The highest BCUT2D eigenvalue weighted by molar-refractivity contribution is 5.94. The molecule has 0 aliphatic heterocycles. The molecule has 1 N–H and O–H groups in total. The minimum atomic E-state index is -0.262. The second kappa shape index (κ2) is 6.78. The number of fused-ring (bicyclic) bond motifs is 1. The van der Waals surface area contributed by atoms with Gasteiger partial charge in [0.1, 0.15) is 5.82 Å². The number of rotatable bonds is 6. The number of aromatic nitrogens is 1. The van der Waals surface area contributed by atoms with Gasteiger partial charge in [0.2, 0.25) is 0 Å². The van der Waals surface area contributed by atoms with Gasteiger partial charge in [-0.15, -0.1) is 0 Å². The summed E-state index contributed by atoms with van der Waals surface area (Å²) in [7, 11) is 4.56. The number of nitrogens with zero attached hydrogens (tertiary/aromatic N) is 1. The lowest BCUT2D eigenvalue weighted by molar-refractivity contribution is -0.140. The van der Waals surface area contributed by atoms with E-state index in [-0.39, 0.29) is 12.4 Å². The van der Waals surface area contributed by atoms with Crippen molar-refractivity contribution in [2.75, 3.05) is 33.2 Å². The molecule has 0 aliphatic rings. The van der Waals surface area contributed by atoms with Gasteiger partial charge in [-0.2, -0.15) is 0 Å². The van der Waals surface area contributed by atoms with E-state index >= 15 is 0 Å². The number of anilines is 1. The smallest absolute Gasteiger partial charge is 0.307 e. The van der Waals surface area contributed by atoms with Crippen LogP contribution in [0.4, 0.5) is 5.82 Å². The average Bonchev–Trinajstić information content (AvgIpc) is 2.53. The van der Waals surface area contributed by atoms with E-state index in [0.717, 1.165) is 10.8 Å². The largest absolute Gasteiger partial charge is 0.493 e. The summed E-state index contributed by atoms with van der Waals surface area (Å²) in [5.74, 6) is 1.73. The Morgan fingerprint density at radius 1 is 1.19 bits per heavy atom. The first-order valence-electron chi connectivity index (χ1n) is 6.51. The van der Waals surface area contributed by atoms with Gasteiger partial charge in [0.15, 0.2) is 11.5 Å². The van der Waals surface area contributed by atoms with Crippen molar-refractivity contribution in [2.45, 2.75) is 6.42 Å². The summed E-state index contributed by atoms with van der Waals surface area (Å²) in [6.07, 6.45) is 1.98. The molecule has 6 heteroatoms. The number of carbonyl (C=O) groups is 1. The summed E-state index contributed by atoms with van der Waals surface area (Å²) in [5, 5.41) is 5.01. The van der Waals surface area contributed by atoms with E-state index in [2.05, 4.69) is 15.0 Å². The van der Waals surface area contributed by atoms with E-state index in [1.54, 1.807) is 20.4 Å². The molecule has 0 fully saturated rings. The molecular weight excluding hydrogens is 272 g/mol. The Bertz CT molecular complexity index is 643. The predicted molar refractivity (Wildman–Crippen MR) is 80.0 cm³/mol. The van der Waals surface area contributed by atoms with Gasteiger partial charge in [-0.25, -0.2) is 4.98 Å². The van der Waals surface area contributed by atoms with Crippen LogP contribution in [0.2, 0.25) is 0 Å². The Balaban J connectivity index is 2.29. The standard InChI is InChI=1S/C15H18N2O4/c1-19-12-8-10-4-6-16-15(11(10)9-13(12)20-2)17-7-5-14(18)21-3/h4,6,8-9H,5,7H2,1-3H3,(H,16,17). The number of nitrogens with one attached hydrogen (secondary N) is 1. The lowest BCUT2D eigenvalue weighted by Gasteiger charge is -2.12. The minimum Gasteiger partial charge on any atom is -0.493 e.